The number of rotatable bonds is 5. The maximum Gasteiger partial charge on any atom is 0.336 e. The van der Waals surface area contributed by atoms with E-state index in [1.807, 2.05) is 12.1 Å². The van der Waals surface area contributed by atoms with Crippen molar-refractivity contribution in [2.24, 2.45) is 0 Å². The number of ketones is 1. The molecule has 1 aromatic heterocycles. The molecular weight excluding hydrogens is 292 g/mol. The standard InChI is InChI=1S/C19H22O4/c1-2-3-6-13-11-19(21)23-18-12-14(9-10-15(13)18)22-17-8-5-4-7-16(17)20/h9-12,17H,2-8H2,1H3/t17-/m0/s1. The van der Waals surface area contributed by atoms with Crippen LogP contribution in [0.15, 0.2) is 33.5 Å². The Balaban J connectivity index is 1.89. The molecule has 0 aliphatic heterocycles. The largest absolute Gasteiger partial charge is 0.483 e. The van der Waals surface area contributed by atoms with Gasteiger partial charge in [0.15, 0.2) is 11.9 Å². The van der Waals surface area contributed by atoms with Crippen molar-refractivity contribution in [3.05, 3.63) is 40.2 Å². The monoisotopic (exact) mass is 314 g/mol. The van der Waals surface area contributed by atoms with Gasteiger partial charge in [0.2, 0.25) is 0 Å². The quantitative estimate of drug-likeness (QED) is 0.782. The summed E-state index contributed by atoms with van der Waals surface area (Å²) in [5.41, 5.74) is 1.21. The zero-order chi connectivity index (χ0) is 16.2. The minimum Gasteiger partial charge on any atom is -0.483 e. The Kier molecular flexibility index (Phi) is 4.79. The van der Waals surface area contributed by atoms with Crippen LogP contribution in [0.5, 0.6) is 5.75 Å². The Bertz CT molecular complexity index is 760. The van der Waals surface area contributed by atoms with Crippen LogP contribution in [0.1, 0.15) is 51.0 Å². The third kappa shape index (κ3) is 3.63. The van der Waals surface area contributed by atoms with Crippen LogP contribution in [-0.4, -0.2) is 11.9 Å². The first-order valence-corrected chi connectivity index (χ1v) is 8.43. The molecule has 0 bridgehead atoms. The van der Waals surface area contributed by atoms with Gasteiger partial charge in [0.25, 0.3) is 0 Å². The van der Waals surface area contributed by atoms with Gasteiger partial charge in [0, 0.05) is 23.9 Å². The van der Waals surface area contributed by atoms with Crippen LogP contribution >= 0.6 is 0 Å². The SMILES string of the molecule is CCCCc1cc(=O)oc2cc(O[C@H]3CCCCC3=O)ccc12. The summed E-state index contributed by atoms with van der Waals surface area (Å²) in [6.45, 7) is 2.13. The second-order valence-corrected chi connectivity index (χ2v) is 6.17. The third-order valence-corrected chi connectivity index (χ3v) is 4.38. The van der Waals surface area contributed by atoms with Crippen molar-refractivity contribution in [1.29, 1.82) is 0 Å². The first kappa shape index (κ1) is 15.8. The molecule has 1 fully saturated rings. The normalized spacial score (nSPS) is 18.3. The number of aryl methyl sites for hydroxylation is 1. The fourth-order valence-corrected chi connectivity index (χ4v) is 3.10. The number of hydrogen-bond donors (Lipinski definition) is 0. The van der Waals surface area contributed by atoms with Crippen LogP contribution in [0.4, 0.5) is 0 Å². The van der Waals surface area contributed by atoms with Gasteiger partial charge in [0.1, 0.15) is 11.3 Å². The van der Waals surface area contributed by atoms with Gasteiger partial charge in [0.05, 0.1) is 0 Å². The summed E-state index contributed by atoms with van der Waals surface area (Å²) in [5.74, 6) is 0.753. The van der Waals surface area contributed by atoms with E-state index in [1.165, 1.54) is 0 Å². The summed E-state index contributed by atoms with van der Waals surface area (Å²) < 4.78 is 11.1. The van der Waals surface area contributed by atoms with E-state index in [2.05, 4.69) is 6.92 Å². The van der Waals surface area contributed by atoms with Gasteiger partial charge < -0.3 is 9.15 Å². The lowest BCUT2D eigenvalue weighted by Crippen LogP contribution is -2.30. The van der Waals surface area contributed by atoms with E-state index in [0.717, 1.165) is 49.5 Å². The molecule has 122 valence electrons. The smallest absolute Gasteiger partial charge is 0.336 e. The molecule has 1 aliphatic rings. The van der Waals surface area contributed by atoms with Crippen molar-refractivity contribution in [2.75, 3.05) is 0 Å². The second-order valence-electron chi connectivity index (χ2n) is 6.17. The summed E-state index contributed by atoms with van der Waals surface area (Å²) >= 11 is 0. The van der Waals surface area contributed by atoms with Crippen molar-refractivity contribution in [3.63, 3.8) is 0 Å². The molecule has 0 saturated heterocycles. The summed E-state index contributed by atoms with van der Waals surface area (Å²) in [6, 6.07) is 7.09. The van der Waals surface area contributed by atoms with E-state index in [9.17, 15) is 9.59 Å². The molecule has 0 N–H and O–H groups in total. The molecule has 1 heterocycles. The Morgan fingerprint density at radius 2 is 2.09 bits per heavy atom. The van der Waals surface area contributed by atoms with Crippen molar-refractivity contribution < 1.29 is 13.9 Å². The second kappa shape index (κ2) is 6.99. The Morgan fingerprint density at radius 3 is 2.87 bits per heavy atom. The molecule has 1 aliphatic carbocycles. The summed E-state index contributed by atoms with van der Waals surface area (Å²) in [7, 11) is 0. The molecular formula is C19H22O4. The molecule has 0 radical (unpaired) electrons. The van der Waals surface area contributed by atoms with E-state index < -0.39 is 0 Å². The number of ether oxygens (including phenoxy) is 1. The molecule has 1 atom stereocenters. The van der Waals surface area contributed by atoms with E-state index in [0.29, 0.717) is 17.8 Å². The minimum absolute atomic E-state index is 0.162. The van der Waals surface area contributed by atoms with Gasteiger partial charge >= 0.3 is 5.63 Å². The van der Waals surface area contributed by atoms with E-state index in [1.54, 1.807) is 12.1 Å². The van der Waals surface area contributed by atoms with Gasteiger partial charge in [-0.3, -0.25) is 4.79 Å². The molecule has 23 heavy (non-hydrogen) atoms. The van der Waals surface area contributed by atoms with Crippen LogP contribution < -0.4 is 10.4 Å². The van der Waals surface area contributed by atoms with Crippen LogP contribution in [-0.2, 0) is 11.2 Å². The molecule has 2 aromatic rings. The molecule has 4 heteroatoms. The molecule has 1 aromatic carbocycles. The lowest BCUT2D eigenvalue weighted by molar-refractivity contribution is -0.127. The summed E-state index contributed by atoms with van der Waals surface area (Å²) in [5, 5.41) is 0.945. The van der Waals surface area contributed by atoms with Crippen molar-refractivity contribution in [1.82, 2.24) is 0 Å². The first-order chi connectivity index (χ1) is 11.2. The molecule has 4 nitrogen and oxygen atoms in total. The number of unbranched alkanes of at least 4 members (excludes halogenated alkanes) is 1. The van der Waals surface area contributed by atoms with E-state index in [4.69, 9.17) is 9.15 Å². The number of carbonyl (C=O) groups is 1. The highest BCUT2D eigenvalue weighted by Crippen LogP contribution is 2.26. The number of carbonyl (C=O) groups excluding carboxylic acids is 1. The fraction of sp³-hybridized carbons (Fsp3) is 0.474. The van der Waals surface area contributed by atoms with Crippen molar-refractivity contribution in [3.8, 4) is 5.75 Å². The highest BCUT2D eigenvalue weighted by Gasteiger charge is 2.24. The first-order valence-electron chi connectivity index (χ1n) is 8.43. The van der Waals surface area contributed by atoms with Crippen molar-refractivity contribution >= 4 is 16.8 Å². The Morgan fingerprint density at radius 1 is 1.22 bits per heavy atom. The molecule has 0 amide bonds. The fourth-order valence-electron chi connectivity index (χ4n) is 3.10. The molecule has 0 unspecified atom stereocenters. The summed E-state index contributed by atoms with van der Waals surface area (Å²) in [4.78, 5) is 23.6. The van der Waals surface area contributed by atoms with Gasteiger partial charge in [-0.1, -0.05) is 13.3 Å². The van der Waals surface area contributed by atoms with Gasteiger partial charge in [-0.25, -0.2) is 4.79 Å². The highest BCUT2D eigenvalue weighted by molar-refractivity contribution is 5.84. The van der Waals surface area contributed by atoms with E-state index >= 15 is 0 Å². The lowest BCUT2D eigenvalue weighted by Gasteiger charge is -2.21. The minimum atomic E-state index is -0.365. The highest BCUT2D eigenvalue weighted by atomic mass is 16.5. The van der Waals surface area contributed by atoms with Crippen LogP contribution in [0, 0.1) is 0 Å². The van der Waals surface area contributed by atoms with E-state index in [-0.39, 0.29) is 17.5 Å². The number of Topliss-reactive ketones (excluding diaryl/α,β-unsaturated/α-hetero) is 1. The Hall–Kier alpha value is -2.10. The molecule has 0 spiro atoms. The number of fused-ring (bicyclic) bond motifs is 1. The average Bonchev–Trinajstić information content (AvgIpc) is 2.54. The van der Waals surface area contributed by atoms with Crippen molar-refractivity contribution in [2.45, 2.75) is 58.0 Å². The Labute approximate surface area is 135 Å². The van der Waals surface area contributed by atoms with Gasteiger partial charge in [-0.15, -0.1) is 0 Å². The topological polar surface area (TPSA) is 56.5 Å². The zero-order valence-corrected chi connectivity index (χ0v) is 13.5. The molecule has 1 saturated carbocycles. The zero-order valence-electron chi connectivity index (χ0n) is 13.5. The van der Waals surface area contributed by atoms with Crippen LogP contribution in [0.2, 0.25) is 0 Å². The van der Waals surface area contributed by atoms with Gasteiger partial charge in [-0.05, 0) is 49.8 Å². The third-order valence-electron chi connectivity index (χ3n) is 4.38. The number of hydrogen-bond acceptors (Lipinski definition) is 4. The predicted octanol–water partition coefficient (Wildman–Crippen LogP) is 4.03. The van der Waals surface area contributed by atoms with Gasteiger partial charge in [-0.2, -0.15) is 0 Å². The average molecular weight is 314 g/mol. The summed E-state index contributed by atoms with van der Waals surface area (Å²) in [6.07, 6.45) is 5.93. The maximum atomic E-state index is 11.9. The lowest BCUT2D eigenvalue weighted by atomic mass is 9.96. The maximum absolute atomic E-state index is 11.9. The van der Waals surface area contributed by atoms with Crippen LogP contribution in [0.25, 0.3) is 11.0 Å². The number of benzene rings is 1. The van der Waals surface area contributed by atoms with Crippen LogP contribution in [0.3, 0.4) is 0 Å². The predicted molar refractivity (Wildman–Crippen MR) is 89.0 cm³/mol. The molecule has 3 rings (SSSR count).